The molecule has 1 aromatic carbocycles. The van der Waals surface area contributed by atoms with Gasteiger partial charge in [0.1, 0.15) is 0 Å². The number of allylic oxidation sites excluding steroid dienone is 1. The molecule has 1 atom stereocenters. The van der Waals surface area contributed by atoms with Gasteiger partial charge in [-0.25, -0.2) is 0 Å². The zero-order chi connectivity index (χ0) is 14.3. The van der Waals surface area contributed by atoms with E-state index in [4.69, 9.17) is 5.26 Å². The number of nitriles is 1. The molecule has 0 aliphatic carbocycles. The second kappa shape index (κ2) is 7.27. The summed E-state index contributed by atoms with van der Waals surface area (Å²) in [7, 11) is 1.03. The molecule has 0 fully saturated rings. The number of benzene rings is 1. The maximum Gasteiger partial charge on any atom is 0.0909 e. The average Bonchev–Trinajstić information content (AvgIpc) is 2.33. The molecule has 0 aliphatic heterocycles. The lowest BCUT2D eigenvalue weighted by Crippen LogP contribution is -2.43. The highest BCUT2D eigenvalue weighted by atomic mass is 28.3. The van der Waals surface area contributed by atoms with Crippen LogP contribution in [0, 0.1) is 11.3 Å². The van der Waals surface area contributed by atoms with E-state index in [1.54, 1.807) is 6.08 Å². The Hall–Kier alpha value is -1.37. The largest absolute Gasteiger partial charge is 0.302 e. The SMILES string of the molecule is CN(C[Si](C)(C)C)C(/C=C/C#N)Cc1ccccc1. The molecule has 0 bridgehead atoms. The van der Waals surface area contributed by atoms with E-state index in [1.165, 1.54) is 5.56 Å². The van der Waals surface area contributed by atoms with Crippen molar-refractivity contribution in [2.75, 3.05) is 13.2 Å². The number of rotatable bonds is 6. The zero-order valence-electron chi connectivity index (χ0n) is 12.4. The molecule has 3 heteroatoms. The lowest BCUT2D eigenvalue weighted by Gasteiger charge is -2.31. The molecule has 0 N–H and O–H groups in total. The molecule has 0 radical (unpaired) electrons. The first kappa shape index (κ1) is 15.7. The van der Waals surface area contributed by atoms with Gasteiger partial charge in [0.2, 0.25) is 0 Å². The molecule has 0 saturated carbocycles. The van der Waals surface area contributed by atoms with Gasteiger partial charge >= 0.3 is 0 Å². The van der Waals surface area contributed by atoms with E-state index in [0.29, 0.717) is 6.04 Å². The second-order valence-electron chi connectivity index (χ2n) is 6.22. The van der Waals surface area contributed by atoms with Crippen molar-refractivity contribution in [2.45, 2.75) is 32.1 Å². The summed E-state index contributed by atoms with van der Waals surface area (Å²) in [5.41, 5.74) is 1.32. The highest BCUT2D eigenvalue weighted by Gasteiger charge is 2.20. The fraction of sp³-hybridized carbons (Fsp3) is 0.438. The Kier molecular flexibility index (Phi) is 6.00. The van der Waals surface area contributed by atoms with Crippen molar-refractivity contribution in [1.82, 2.24) is 4.90 Å². The summed E-state index contributed by atoms with van der Waals surface area (Å²) in [4.78, 5) is 2.38. The molecule has 0 aromatic heterocycles. The molecule has 1 unspecified atom stereocenters. The van der Waals surface area contributed by atoms with Gasteiger partial charge in [-0.05, 0) is 25.2 Å². The van der Waals surface area contributed by atoms with Crippen molar-refractivity contribution >= 4 is 8.07 Å². The molecular formula is C16H24N2Si. The van der Waals surface area contributed by atoms with E-state index in [1.807, 2.05) is 12.1 Å². The lowest BCUT2D eigenvalue weighted by molar-refractivity contribution is 0.319. The maximum absolute atomic E-state index is 8.75. The molecule has 1 rings (SSSR count). The van der Waals surface area contributed by atoms with Crippen LogP contribution in [0.4, 0.5) is 0 Å². The third kappa shape index (κ3) is 6.37. The lowest BCUT2D eigenvalue weighted by atomic mass is 10.0. The number of nitrogens with zero attached hydrogens (tertiary/aromatic N) is 2. The van der Waals surface area contributed by atoms with Crippen LogP contribution in [0.2, 0.25) is 19.6 Å². The Morgan fingerprint density at radius 2 is 1.89 bits per heavy atom. The Morgan fingerprint density at radius 1 is 1.26 bits per heavy atom. The van der Waals surface area contributed by atoms with Crippen LogP contribution >= 0.6 is 0 Å². The van der Waals surface area contributed by atoms with Gasteiger partial charge in [0.25, 0.3) is 0 Å². The van der Waals surface area contributed by atoms with E-state index >= 15 is 0 Å². The van der Waals surface area contributed by atoms with E-state index < -0.39 is 8.07 Å². The normalized spacial score (nSPS) is 13.7. The molecular weight excluding hydrogens is 248 g/mol. The van der Waals surface area contributed by atoms with Gasteiger partial charge in [-0.15, -0.1) is 0 Å². The molecule has 0 amide bonds. The topological polar surface area (TPSA) is 27.0 Å². The molecule has 0 saturated heterocycles. The van der Waals surface area contributed by atoms with E-state index in [2.05, 4.69) is 61.9 Å². The van der Waals surface area contributed by atoms with Gasteiger partial charge in [-0.2, -0.15) is 5.26 Å². The van der Waals surface area contributed by atoms with Crippen LogP contribution in [-0.4, -0.2) is 32.2 Å². The molecule has 0 aliphatic rings. The fourth-order valence-corrected chi connectivity index (χ4v) is 3.98. The average molecular weight is 272 g/mol. The summed E-state index contributed by atoms with van der Waals surface area (Å²) in [6.07, 6.45) is 5.72. The van der Waals surface area contributed by atoms with Gasteiger partial charge in [0, 0.05) is 12.1 Å². The minimum atomic E-state index is -1.13. The van der Waals surface area contributed by atoms with E-state index in [9.17, 15) is 0 Å². The fourth-order valence-electron chi connectivity index (χ4n) is 2.25. The number of hydrogen-bond donors (Lipinski definition) is 0. The van der Waals surface area contributed by atoms with Gasteiger partial charge < -0.3 is 4.90 Å². The van der Waals surface area contributed by atoms with E-state index in [-0.39, 0.29) is 0 Å². The van der Waals surface area contributed by atoms with Crippen LogP contribution in [0.25, 0.3) is 0 Å². The molecule has 102 valence electrons. The Morgan fingerprint density at radius 3 is 2.42 bits per heavy atom. The van der Waals surface area contributed by atoms with Crippen LogP contribution in [0.3, 0.4) is 0 Å². The van der Waals surface area contributed by atoms with Crippen LogP contribution in [0.1, 0.15) is 5.56 Å². The predicted octanol–water partition coefficient (Wildman–Crippen LogP) is 3.49. The van der Waals surface area contributed by atoms with Crippen molar-refractivity contribution < 1.29 is 0 Å². The van der Waals surface area contributed by atoms with Crippen LogP contribution in [0.15, 0.2) is 42.5 Å². The van der Waals surface area contributed by atoms with Gasteiger partial charge in [0.05, 0.1) is 14.1 Å². The van der Waals surface area contributed by atoms with Crippen molar-refractivity contribution in [3.63, 3.8) is 0 Å². The maximum atomic E-state index is 8.75. The molecule has 2 nitrogen and oxygen atoms in total. The minimum Gasteiger partial charge on any atom is -0.302 e. The van der Waals surface area contributed by atoms with Crippen LogP contribution < -0.4 is 0 Å². The Balaban J connectivity index is 2.78. The molecule has 19 heavy (non-hydrogen) atoms. The standard InChI is InChI=1S/C16H24N2Si/c1-18(14-19(2,3)4)16(11-8-12-17)13-15-9-6-5-7-10-15/h5-11,16H,13-14H2,1-4H3/b11-8+. The summed E-state index contributed by atoms with van der Waals surface area (Å²) < 4.78 is 0. The van der Waals surface area contributed by atoms with Crippen molar-refractivity contribution in [2.24, 2.45) is 0 Å². The quantitative estimate of drug-likeness (QED) is 0.585. The summed E-state index contributed by atoms with van der Waals surface area (Å²) in [5, 5.41) is 8.75. The van der Waals surface area contributed by atoms with Crippen LogP contribution in [0.5, 0.6) is 0 Å². The third-order valence-corrected chi connectivity index (χ3v) is 4.42. The third-order valence-electron chi connectivity index (χ3n) is 2.97. The summed E-state index contributed by atoms with van der Waals surface area (Å²) in [6, 6.07) is 12.9. The highest BCUT2D eigenvalue weighted by molar-refractivity contribution is 6.76. The summed E-state index contributed by atoms with van der Waals surface area (Å²) in [5.74, 6) is 0. The Labute approximate surface area is 118 Å². The number of likely N-dealkylation sites (N-methyl/N-ethyl adjacent to an activating group) is 1. The van der Waals surface area contributed by atoms with Gasteiger partial charge in [0.15, 0.2) is 0 Å². The van der Waals surface area contributed by atoms with E-state index in [0.717, 1.165) is 12.6 Å². The molecule has 1 aromatic rings. The van der Waals surface area contributed by atoms with Crippen molar-refractivity contribution in [3.8, 4) is 6.07 Å². The smallest absolute Gasteiger partial charge is 0.0909 e. The molecule has 0 heterocycles. The van der Waals surface area contributed by atoms with Gasteiger partial charge in [-0.1, -0.05) is 56.0 Å². The second-order valence-corrected chi connectivity index (χ2v) is 11.7. The zero-order valence-corrected chi connectivity index (χ0v) is 13.4. The number of hydrogen-bond acceptors (Lipinski definition) is 2. The first-order chi connectivity index (χ1) is 8.92. The first-order valence-electron chi connectivity index (χ1n) is 6.73. The minimum absolute atomic E-state index is 0.300. The first-order valence-corrected chi connectivity index (χ1v) is 10.4. The summed E-state index contributed by atoms with van der Waals surface area (Å²) in [6.45, 7) is 7.12. The van der Waals surface area contributed by atoms with Gasteiger partial charge in [-0.3, -0.25) is 0 Å². The van der Waals surface area contributed by atoms with Crippen molar-refractivity contribution in [1.29, 1.82) is 5.26 Å². The Bertz CT molecular complexity index is 440. The summed E-state index contributed by atoms with van der Waals surface area (Å²) >= 11 is 0. The monoisotopic (exact) mass is 272 g/mol. The van der Waals surface area contributed by atoms with Crippen LogP contribution in [-0.2, 0) is 6.42 Å². The molecule has 0 spiro atoms. The van der Waals surface area contributed by atoms with Crippen molar-refractivity contribution in [3.05, 3.63) is 48.0 Å². The predicted molar refractivity (Wildman–Crippen MR) is 84.7 cm³/mol. The highest BCUT2D eigenvalue weighted by Crippen LogP contribution is 2.12.